The first-order valence-electron chi connectivity index (χ1n) is 4.49. The molecule has 0 bridgehead atoms. The van der Waals surface area contributed by atoms with Crippen LogP contribution >= 0.6 is 0 Å². The van der Waals surface area contributed by atoms with Crippen LogP contribution in [-0.2, 0) is 0 Å². The van der Waals surface area contributed by atoms with Gasteiger partial charge in [-0.2, -0.15) is 0 Å². The Hall–Kier alpha value is -2.30. The molecule has 0 spiro atoms. The molecule has 0 saturated heterocycles. The third kappa shape index (κ3) is 1.25. The van der Waals surface area contributed by atoms with Gasteiger partial charge >= 0.3 is 0 Å². The summed E-state index contributed by atoms with van der Waals surface area (Å²) in [4.78, 5) is 4.38. The van der Waals surface area contributed by atoms with Crippen LogP contribution < -0.4 is 5.73 Å². The van der Waals surface area contributed by atoms with Gasteiger partial charge in [0.1, 0.15) is 17.0 Å². The summed E-state index contributed by atoms with van der Waals surface area (Å²) in [6.07, 6.45) is 3.81. The zero-order valence-corrected chi connectivity index (χ0v) is 7.79. The van der Waals surface area contributed by atoms with Crippen molar-refractivity contribution in [3.63, 3.8) is 0 Å². The van der Waals surface area contributed by atoms with Crippen molar-refractivity contribution in [3.8, 4) is 11.4 Å². The van der Waals surface area contributed by atoms with Gasteiger partial charge in [0.15, 0.2) is 0 Å². The van der Waals surface area contributed by atoms with Gasteiger partial charge in [0.05, 0.1) is 0 Å². The quantitative estimate of drug-likeness (QED) is 0.647. The van der Waals surface area contributed by atoms with Gasteiger partial charge in [0.25, 0.3) is 0 Å². The maximum atomic E-state index is 5.45. The second-order valence-electron chi connectivity index (χ2n) is 3.21. The van der Waals surface area contributed by atoms with E-state index in [-0.39, 0.29) is 0 Å². The first-order chi connectivity index (χ1) is 7.33. The lowest BCUT2D eigenvalue weighted by Crippen LogP contribution is -1.77. The van der Waals surface area contributed by atoms with Crippen LogP contribution in [0.2, 0.25) is 0 Å². The Labute approximate surface area is 85.1 Å². The van der Waals surface area contributed by atoms with E-state index in [1.54, 1.807) is 6.07 Å². The molecule has 3 heterocycles. The van der Waals surface area contributed by atoms with Crippen molar-refractivity contribution >= 4 is 11.5 Å². The average Bonchev–Trinajstić information content (AvgIpc) is 2.82. The highest BCUT2D eigenvalue weighted by molar-refractivity contribution is 5.60. The topological polar surface area (TPSA) is 69.3 Å². The first kappa shape index (κ1) is 8.05. The number of anilines is 1. The van der Waals surface area contributed by atoms with Crippen molar-refractivity contribution < 1.29 is 4.52 Å². The van der Waals surface area contributed by atoms with Crippen molar-refractivity contribution in [2.75, 3.05) is 5.73 Å². The molecule has 15 heavy (non-hydrogen) atoms. The summed E-state index contributed by atoms with van der Waals surface area (Å²) >= 11 is 0. The van der Waals surface area contributed by atoms with Gasteiger partial charge in [-0.05, 0) is 12.1 Å². The number of fused-ring (bicyclic) bond motifs is 1. The van der Waals surface area contributed by atoms with Crippen molar-refractivity contribution in [3.05, 3.63) is 36.7 Å². The molecular weight excluding hydrogens is 192 g/mol. The van der Waals surface area contributed by atoms with Crippen LogP contribution in [0.4, 0.5) is 5.88 Å². The predicted octanol–water partition coefficient (Wildman–Crippen LogP) is 1.57. The predicted molar refractivity (Wildman–Crippen MR) is 55.1 cm³/mol. The Morgan fingerprint density at radius 2 is 2.20 bits per heavy atom. The molecule has 0 aliphatic carbocycles. The van der Waals surface area contributed by atoms with Crippen LogP contribution in [0.1, 0.15) is 0 Å². The number of nitrogens with two attached hydrogens (primary N) is 1. The van der Waals surface area contributed by atoms with Crippen LogP contribution in [0.3, 0.4) is 0 Å². The smallest absolute Gasteiger partial charge is 0.222 e. The van der Waals surface area contributed by atoms with Crippen LogP contribution in [0.15, 0.2) is 41.2 Å². The highest BCUT2D eigenvalue weighted by Crippen LogP contribution is 2.19. The highest BCUT2D eigenvalue weighted by Gasteiger charge is 2.08. The first-order valence-corrected chi connectivity index (χ1v) is 4.49. The number of nitrogens with zero attached hydrogens (tertiary/aromatic N) is 3. The van der Waals surface area contributed by atoms with E-state index in [2.05, 4.69) is 10.1 Å². The number of pyridine rings is 1. The zero-order chi connectivity index (χ0) is 10.3. The minimum absolute atomic E-state index is 0.294. The number of rotatable bonds is 1. The van der Waals surface area contributed by atoms with Gasteiger partial charge in [-0.3, -0.25) is 0 Å². The molecule has 5 heteroatoms. The Kier molecular flexibility index (Phi) is 1.53. The number of hydrogen-bond acceptors (Lipinski definition) is 4. The monoisotopic (exact) mass is 200 g/mol. The number of hydrogen-bond donors (Lipinski definition) is 1. The molecule has 2 N–H and O–H groups in total. The molecule has 3 aromatic rings. The van der Waals surface area contributed by atoms with Gasteiger partial charge in [-0.25, -0.2) is 4.98 Å². The van der Waals surface area contributed by atoms with E-state index < -0.39 is 0 Å². The van der Waals surface area contributed by atoms with Gasteiger partial charge < -0.3 is 14.7 Å². The van der Waals surface area contributed by atoms with Crippen LogP contribution in [0.5, 0.6) is 0 Å². The van der Waals surface area contributed by atoms with Crippen molar-refractivity contribution in [1.29, 1.82) is 0 Å². The third-order valence-corrected chi connectivity index (χ3v) is 2.15. The molecule has 0 saturated carbocycles. The Morgan fingerprint density at radius 1 is 1.27 bits per heavy atom. The maximum Gasteiger partial charge on any atom is 0.222 e. The van der Waals surface area contributed by atoms with E-state index in [0.29, 0.717) is 11.6 Å². The van der Waals surface area contributed by atoms with Gasteiger partial charge in [-0.1, -0.05) is 11.2 Å². The molecule has 0 radical (unpaired) electrons. The van der Waals surface area contributed by atoms with Gasteiger partial charge in [0.2, 0.25) is 5.88 Å². The van der Waals surface area contributed by atoms with Crippen molar-refractivity contribution in [1.82, 2.24) is 14.5 Å². The van der Waals surface area contributed by atoms with Crippen LogP contribution in [0.25, 0.3) is 17.0 Å². The number of aromatic nitrogens is 3. The van der Waals surface area contributed by atoms with Gasteiger partial charge in [0, 0.05) is 18.5 Å². The van der Waals surface area contributed by atoms with E-state index in [9.17, 15) is 0 Å². The minimum Gasteiger partial charge on any atom is -0.368 e. The molecular formula is C10H8N4O. The summed E-state index contributed by atoms with van der Waals surface area (Å²) in [6, 6.07) is 7.45. The summed E-state index contributed by atoms with van der Waals surface area (Å²) in [6.45, 7) is 0. The van der Waals surface area contributed by atoms with E-state index in [0.717, 1.165) is 11.3 Å². The summed E-state index contributed by atoms with van der Waals surface area (Å²) < 4.78 is 6.71. The fraction of sp³-hybridized carbons (Fsp3) is 0. The van der Waals surface area contributed by atoms with Gasteiger partial charge in [-0.15, -0.1) is 0 Å². The molecule has 0 unspecified atom stereocenters. The Morgan fingerprint density at radius 3 is 2.93 bits per heavy atom. The average molecular weight is 200 g/mol. The molecule has 0 aliphatic rings. The maximum absolute atomic E-state index is 5.45. The number of imidazole rings is 1. The fourth-order valence-electron chi connectivity index (χ4n) is 1.47. The lowest BCUT2D eigenvalue weighted by molar-refractivity contribution is 0.439. The molecule has 3 aromatic heterocycles. The normalized spacial score (nSPS) is 10.9. The van der Waals surface area contributed by atoms with Crippen LogP contribution in [0, 0.1) is 0 Å². The lowest BCUT2D eigenvalue weighted by Gasteiger charge is -1.86. The molecule has 0 amide bonds. The Bertz CT molecular complexity index is 577. The number of nitrogen functional groups attached to an aromatic ring is 1. The van der Waals surface area contributed by atoms with Crippen molar-refractivity contribution in [2.45, 2.75) is 0 Å². The zero-order valence-electron chi connectivity index (χ0n) is 7.79. The molecule has 0 aromatic carbocycles. The van der Waals surface area contributed by atoms with Crippen LogP contribution in [-0.4, -0.2) is 14.5 Å². The molecule has 0 fully saturated rings. The second-order valence-corrected chi connectivity index (χ2v) is 3.21. The lowest BCUT2D eigenvalue weighted by atomic mass is 10.3. The SMILES string of the molecule is Nc1cc(-c2cn3ccccc3n2)no1. The summed E-state index contributed by atoms with van der Waals surface area (Å²) in [5.41, 5.74) is 7.72. The fourth-order valence-corrected chi connectivity index (χ4v) is 1.47. The van der Waals surface area contributed by atoms with E-state index in [4.69, 9.17) is 10.3 Å². The molecule has 0 atom stereocenters. The third-order valence-electron chi connectivity index (χ3n) is 2.15. The van der Waals surface area contributed by atoms with E-state index >= 15 is 0 Å². The second kappa shape index (κ2) is 2.84. The molecule has 0 aliphatic heterocycles. The summed E-state index contributed by atoms with van der Waals surface area (Å²) in [5.74, 6) is 0.294. The standard InChI is InChI=1S/C10H8N4O/c11-9-5-7(13-15-9)8-6-14-4-2-1-3-10(14)12-8/h1-6H,11H2. The van der Waals surface area contributed by atoms with E-state index in [1.807, 2.05) is 35.0 Å². The summed E-state index contributed by atoms with van der Waals surface area (Å²) in [5, 5.41) is 3.81. The molecule has 3 rings (SSSR count). The Balaban J connectivity index is 2.19. The van der Waals surface area contributed by atoms with Crippen molar-refractivity contribution in [2.24, 2.45) is 0 Å². The molecule has 5 nitrogen and oxygen atoms in total. The van der Waals surface area contributed by atoms with E-state index in [1.165, 1.54) is 0 Å². The molecule has 74 valence electrons. The highest BCUT2D eigenvalue weighted by atomic mass is 16.5. The summed E-state index contributed by atoms with van der Waals surface area (Å²) in [7, 11) is 0. The minimum atomic E-state index is 0.294. The largest absolute Gasteiger partial charge is 0.368 e.